The van der Waals surface area contributed by atoms with Gasteiger partial charge in [-0.25, -0.2) is 8.78 Å². The molecule has 0 saturated heterocycles. The Labute approximate surface area is 204 Å². The Balaban J connectivity index is 1.79. The molecule has 1 aliphatic rings. The minimum Gasteiger partial charge on any atom is -0.396 e. The van der Waals surface area contributed by atoms with Gasteiger partial charge < -0.3 is 20.5 Å². The number of aliphatic hydroxyl groups is 1. The topological polar surface area (TPSA) is 53.5 Å². The molecule has 32 heavy (non-hydrogen) atoms. The van der Waals surface area contributed by atoms with Crippen LogP contribution in [-0.4, -0.2) is 24.3 Å². The Morgan fingerprint density at radius 2 is 2.00 bits per heavy atom. The van der Waals surface area contributed by atoms with Gasteiger partial charge in [0.1, 0.15) is 18.4 Å². The normalized spacial score (nSPS) is 16.3. The van der Waals surface area contributed by atoms with Gasteiger partial charge in [0.25, 0.3) is 0 Å². The summed E-state index contributed by atoms with van der Waals surface area (Å²) >= 11 is 2.04. The standard InChI is InChI=1S/C24H30F2IN2O2P/c1-4-16-9-18(25)15(3)21(29-20-6-5-17(27)10-19(20)26)22(16)28-13-31-23(32)24(7-8-24)11-14(2)12-30/h4-6,9-10,14,23,28-30H,1,7-8,11-13,32H2,2-3H3/t14-,23?/m0/s1. The van der Waals surface area contributed by atoms with Crippen molar-refractivity contribution in [3.63, 3.8) is 0 Å². The van der Waals surface area contributed by atoms with Crippen molar-refractivity contribution in [2.45, 2.75) is 39.0 Å². The van der Waals surface area contributed by atoms with Gasteiger partial charge in [-0.15, -0.1) is 9.24 Å². The molecule has 1 aliphatic carbocycles. The van der Waals surface area contributed by atoms with Crippen LogP contribution < -0.4 is 10.6 Å². The smallest absolute Gasteiger partial charge is 0.147 e. The number of benzene rings is 2. The highest BCUT2D eigenvalue weighted by Gasteiger charge is 2.48. The highest BCUT2D eigenvalue weighted by atomic mass is 127. The number of nitrogens with one attached hydrogen (secondary N) is 2. The molecule has 0 bridgehead atoms. The maximum atomic E-state index is 14.6. The fraction of sp³-hybridized carbons (Fsp3) is 0.417. The lowest BCUT2D eigenvalue weighted by atomic mass is 9.94. The second-order valence-electron chi connectivity index (χ2n) is 8.54. The molecule has 3 N–H and O–H groups in total. The van der Waals surface area contributed by atoms with Crippen LogP contribution in [0, 0.1) is 33.5 Å². The van der Waals surface area contributed by atoms with Gasteiger partial charge in [-0.3, -0.25) is 0 Å². The van der Waals surface area contributed by atoms with E-state index in [1.54, 1.807) is 25.1 Å². The van der Waals surface area contributed by atoms with E-state index in [0.717, 1.165) is 22.8 Å². The van der Waals surface area contributed by atoms with Crippen molar-refractivity contribution < 1.29 is 18.6 Å². The van der Waals surface area contributed by atoms with Crippen molar-refractivity contribution in [1.29, 1.82) is 0 Å². The van der Waals surface area contributed by atoms with Gasteiger partial charge in [0.2, 0.25) is 0 Å². The molecule has 3 rings (SSSR count). The van der Waals surface area contributed by atoms with Gasteiger partial charge in [0.15, 0.2) is 0 Å². The summed E-state index contributed by atoms with van der Waals surface area (Å²) in [6.45, 7) is 7.84. The monoisotopic (exact) mass is 574 g/mol. The largest absolute Gasteiger partial charge is 0.396 e. The van der Waals surface area contributed by atoms with Crippen LogP contribution in [0.3, 0.4) is 0 Å². The van der Waals surface area contributed by atoms with E-state index in [4.69, 9.17) is 4.74 Å². The summed E-state index contributed by atoms with van der Waals surface area (Å²) in [6.07, 6.45) is 4.60. The molecule has 0 heterocycles. The highest BCUT2D eigenvalue weighted by molar-refractivity contribution is 14.1. The third-order valence-electron chi connectivity index (χ3n) is 6.04. The maximum Gasteiger partial charge on any atom is 0.147 e. The van der Waals surface area contributed by atoms with Crippen LogP contribution in [0.15, 0.2) is 30.8 Å². The summed E-state index contributed by atoms with van der Waals surface area (Å²) in [7, 11) is 2.77. The first-order chi connectivity index (χ1) is 15.2. The van der Waals surface area contributed by atoms with Crippen LogP contribution in [0.2, 0.25) is 0 Å². The quantitative estimate of drug-likeness (QED) is 0.160. The molecule has 174 valence electrons. The van der Waals surface area contributed by atoms with Crippen molar-refractivity contribution >= 4 is 55.0 Å². The van der Waals surface area contributed by atoms with E-state index in [-0.39, 0.29) is 36.2 Å². The molecule has 0 radical (unpaired) electrons. The van der Waals surface area contributed by atoms with E-state index in [1.165, 1.54) is 12.1 Å². The SMILES string of the molecule is C=Cc1cc(F)c(C)c(Nc2ccc(I)cc2F)c1NCOC(P)C1(C[C@H](C)CO)CC1. The van der Waals surface area contributed by atoms with Crippen molar-refractivity contribution in [2.75, 3.05) is 24.0 Å². The van der Waals surface area contributed by atoms with E-state index in [9.17, 15) is 13.9 Å². The van der Waals surface area contributed by atoms with Crippen LogP contribution in [0.1, 0.15) is 37.3 Å². The lowest BCUT2D eigenvalue weighted by molar-refractivity contribution is 0.0598. The third-order valence-corrected chi connectivity index (χ3v) is 7.61. The minimum absolute atomic E-state index is 0.0669. The Kier molecular flexibility index (Phi) is 8.53. The molecule has 2 aromatic rings. The summed E-state index contributed by atoms with van der Waals surface area (Å²) in [5.74, 6) is -0.660. The minimum atomic E-state index is -0.415. The van der Waals surface area contributed by atoms with E-state index >= 15 is 0 Å². The van der Waals surface area contributed by atoms with Crippen LogP contribution in [0.4, 0.5) is 25.8 Å². The third kappa shape index (κ3) is 5.79. The number of hydrogen-bond acceptors (Lipinski definition) is 4. The molecule has 0 aliphatic heterocycles. The molecule has 0 aromatic heterocycles. The van der Waals surface area contributed by atoms with Crippen molar-refractivity contribution in [1.82, 2.24) is 0 Å². The Bertz CT molecular complexity index is 985. The average molecular weight is 574 g/mol. The van der Waals surface area contributed by atoms with Crippen molar-refractivity contribution in [2.24, 2.45) is 11.3 Å². The van der Waals surface area contributed by atoms with Crippen LogP contribution in [-0.2, 0) is 4.74 Å². The molecule has 3 atom stereocenters. The van der Waals surface area contributed by atoms with E-state index < -0.39 is 11.6 Å². The Morgan fingerprint density at radius 1 is 1.28 bits per heavy atom. The molecule has 8 heteroatoms. The fourth-order valence-electron chi connectivity index (χ4n) is 3.91. The van der Waals surface area contributed by atoms with Gasteiger partial charge >= 0.3 is 0 Å². The van der Waals surface area contributed by atoms with Crippen molar-refractivity contribution in [3.05, 3.63) is 57.2 Å². The van der Waals surface area contributed by atoms with Crippen LogP contribution in [0.25, 0.3) is 6.08 Å². The first kappa shape index (κ1) is 25.3. The zero-order chi connectivity index (χ0) is 23.5. The molecular weight excluding hydrogens is 544 g/mol. The van der Waals surface area contributed by atoms with Crippen LogP contribution >= 0.6 is 31.8 Å². The summed E-state index contributed by atoms with van der Waals surface area (Å²) in [5, 5.41) is 15.7. The van der Waals surface area contributed by atoms with Crippen LogP contribution in [0.5, 0.6) is 0 Å². The highest BCUT2D eigenvalue weighted by Crippen LogP contribution is 2.56. The van der Waals surface area contributed by atoms with E-state index in [1.807, 2.05) is 29.5 Å². The fourth-order valence-corrected chi connectivity index (χ4v) is 4.92. The molecule has 1 saturated carbocycles. The van der Waals surface area contributed by atoms with Gasteiger partial charge in [-0.2, -0.15) is 0 Å². The van der Waals surface area contributed by atoms with Gasteiger partial charge in [0, 0.05) is 26.7 Å². The summed E-state index contributed by atoms with van der Waals surface area (Å²) in [4.78, 5) is 0. The predicted molar refractivity (Wildman–Crippen MR) is 139 cm³/mol. The van der Waals surface area contributed by atoms with Gasteiger partial charge in [-0.05, 0) is 79.0 Å². The average Bonchev–Trinajstić information content (AvgIpc) is 3.54. The lowest BCUT2D eigenvalue weighted by Gasteiger charge is -2.27. The second kappa shape index (κ2) is 10.8. The zero-order valence-electron chi connectivity index (χ0n) is 18.4. The first-order valence-electron chi connectivity index (χ1n) is 10.6. The van der Waals surface area contributed by atoms with E-state index in [0.29, 0.717) is 22.5 Å². The Hall–Kier alpha value is -1.28. The maximum absolute atomic E-state index is 14.6. The molecule has 2 unspecified atom stereocenters. The number of rotatable bonds is 11. The van der Waals surface area contributed by atoms with Gasteiger partial charge in [-0.1, -0.05) is 19.6 Å². The zero-order valence-corrected chi connectivity index (χ0v) is 21.7. The van der Waals surface area contributed by atoms with Gasteiger partial charge in [0.05, 0.1) is 22.9 Å². The number of ether oxygens (including phenoxy) is 1. The predicted octanol–water partition coefficient (Wildman–Crippen LogP) is 6.65. The van der Waals surface area contributed by atoms with E-state index in [2.05, 4.69) is 26.5 Å². The summed E-state index contributed by atoms with van der Waals surface area (Å²) in [6, 6.07) is 6.24. The molecule has 1 fully saturated rings. The molecular formula is C24H30F2IN2O2P. The molecule has 2 aromatic carbocycles. The number of hydrogen-bond donors (Lipinski definition) is 3. The molecule has 4 nitrogen and oxygen atoms in total. The van der Waals surface area contributed by atoms with Crippen molar-refractivity contribution in [3.8, 4) is 0 Å². The second-order valence-corrected chi connectivity index (χ2v) is 10.4. The number of anilines is 3. The first-order valence-corrected chi connectivity index (χ1v) is 12.3. The Morgan fingerprint density at radius 3 is 2.59 bits per heavy atom. The number of halogens is 3. The lowest BCUT2D eigenvalue weighted by Crippen LogP contribution is -2.25. The summed E-state index contributed by atoms with van der Waals surface area (Å²) < 4.78 is 35.9. The molecule has 0 amide bonds. The molecule has 0 spiro atoms. The summed E-state index contributed by atoms with van der Waals surface area (Å²) in [5.41, 5.74) is 2.30. The number of aliphatic hydroxyl groups excluding tert-OH is 1.